The fourth-order valence-corrected chi connectivity index (χ4v) is 5.10. The SMILES string of the molecule is O=C1NCCc2cc(-c3c(Sc4ccc(Cl)cc4)cnn3C3CCCCO3)ccc21. The van der Waals surface area contributed by atoms with Gasteiger partial charge in [-0.1, -0.05) is 29.4 Å². The minimum Gasteiger partial charge on any atom is -0.356 e. The number of carbonyl (C=O) groups is 1. The van der Waals surface area contributed by atoms with Gasteiger partial charge in [-0.25, -0.2) is 4.68 Å². The Balaban J connectivity index is 1.58. The van der Waals surface area contributed by atoms with Gasteiger partial charge in [-0.15, -0.1) is 0 Å². The van der Waals surface area contributed by atoms with Crippen LogP contribution in [0.4, 0.5) is 0 Å². The number of hydrogen-bond donors (Lipinski definition) is 1. The van der Waals surface area contributed by atoms with Gasteiger partial charge < -0.3 is 10.1 Å². The molecule has 1 unspecified atom stereocenters. The van der Waals surface area contributed by atoms with E-state index in [1.165, 1.54) is 0 Å². The Morgan fingerprint density at radius 3 is 2.83 bits per heavy atom. The Bertz CT molecular complexity index is 1070. The van der Waals surface area contributed by atoms with Crippen LogP contribution in [0.25, 0.3) is 11.3 Å². The van der Waals surface area contributed by atoms with Crippen LogP contribution in [0.5, 0.6) is 0 Å². The maximum Gasteiger partial charge on any atom is 0.251 e. The lowest BCUT2D eigenvalue weighted by molar-refractivity contribution is -0.0384. The first-order valence-corrected chi connectivity index (χ1v) is 11.4. The van der Waals surface area contributed by atoms with E-state index < -0.39 is 0 Å². The molecule has 0 aliphatic carbocycles. The number of nitrogens with zero attached hydrogens (tertiary/aromatic N) is 2. The van der Waals surface area contributed by atoms with E-state index in [1.54, 1.807) is 11.8 Å². The Hall–Kier alpha value is -2.28. The number of ether oxygens (including phenoxy) is 1. The zero-order valence-corrected chi connectivity index (χ0v) is 18.0. The van der Waals surface area contributed by atoms with E-state index in [0.717, 1.165) is 69.5 Å². The van der Waals surface area contributed by atoms with Crippen molar-refractivity contribution in [1.29, 1.82) is 0 Å². The Morgan fingerprint density at radius 1 is 1.17 bits per heavy atom. The number of rotatable bonds is 4. The number of nitrogens with one attached hydrogen (secondary N) is 1. The first kappa shape index (κ1) is 19.7. The minimum atomic E-state index is -0.0624. The van der Waals surface area contributed by atoms with E-state index in [2.05, 4.69) is 11.4 Å². The summed E-state index contributed by atoms with van der Waals surface area (Å²) in [5, 5.41) is 8.36. The molecule has 3 heterocycles. The fourth-order valence-electron chi connectivity index (χ4n) is 4.04. The summed E-state index contributed by atoms with van der Waals surface area (Å²) in [5.74, 6) is 0.00249. The molecule has 2 aromatic carbocycles. The van der Waals surface area contributed by atoms with Crippen molar-refractivity contribution in [2.75, 3.05) is 13.2 Å². The second kappa shape index (κ2) is 8.46. The molecule has 30 heavy (non-hydrogen) atoms. The maximum absolute atomic E-state index is 12.2. The number of amides is 1. The van der Waals surface area contributed by atoms with Crippen LogP contribution in [0.1, 0.15) is 41.4 Å². The van der Waals surface area contributed by atoms with Crippen molar-refractivity contribution in [2.45, 2.75) is 41.7 Å². The normalized spacial score (nSPS) is 18.7. The monoisotopic (exact) mass is 439 g/mol. The van der Waals surface area contributed by atoms with E-state index in [9.17, 15) is 4.79 Å². The van der Waals surface area contributed by atoms with Crippen molar-refractivity contribution in [2.24, 2.45) is 0 Å². The van der Waals surface area contributed by atoms with E-state index in [4.69, 9.17) is 21.4 Å². The summed E-state index contributed by atoms with van der Waals surface area (Å²) in [6.07, 6.45) is 5.86. The van der Waals surface area contributed by atoms with Crippen LogP contribution in [-0.4, -0.2) is 28.8 Å². The van der Waals surface area contributed by atoms with Gasteiger partial charge in [0.15, 0.2) is 6.23 Å². The average Bonchev–Trinajstić information content (AvgIpc) is 3.19. The molecule has 154 valence electrons. The number of carbonyl (C=O) groups excluding carboxylic acids is 1. The molecule has 1 atom stereocenters. The standard InChI is InChI=1S/C23H22ClN3O2S/c24-17-5-7-18(8-6-17)30-20-14-26-27(21-3-1-2-12-29-21)22(20)16-4-9-19-15(13-16)10-11-25-23(19)28/h4-9,13-14,21H,1-3,10-12H2,(H,25,28). The van der Waals surface area contributed by atoms with Crippen molar-refractivity contribution in [1.82, 2.24) is 15.1 Å². The van der Waals surface area contributed by atoms with Crippen molar-refractivity contribution in [3.8, 4) is 11.3 Å². The molecular formula is C23H22ClN3O2S. The lowest BCUT2D eigenvalue weighted by Gasteiger charge is -2.25. The van der Waals surface area contributed by atoms with Crippen molar-refractivity contribution < 1.29 is 9.53 Å². The molecule has 7 heteroatoms. The predicted molar refractivity (Wildman–Crippen MR) is 118 cm³/mol. The summed E-state index contributed by atoms with van der Waals surface area (Å²) in [6, 6.07) is 13.9. The van der Waals surface area contributed by atoms with E-state index in [-0.39, 0.29) is 12.1 Å². The van der Waals surface area contributed by atoms with Gasteiger partial charge in [0.1, 0.15) is 0 Å². The van der Waals surface area contributed by atoms with Crippen LogP contribution in [0.2, 0.25) is 5.02 Å². The van der Waals surface area contributed by atoms with Gasteiger partial charge in [-0.05, 0) is 67.6 Å². The number of aromatic nitrogens is 2. The molecule has 1 N–H and O–H groups in total. The van der Waals surface area contributed by atoms with Crippen LogP contribution in [0, 0.1) is 0 Å². The zero-order chi connectivity index (χ0) is 20.5. The fraction of sp³-hybridized carbons (Fsp3) is 0.304. The summed E-state index contributed by atoms with van der Waals surface area (Å²) in [6.45, 7) is 1.43. The molecular weight excluding hydrogens is 418 g/mol. The number of benzene rings is 2. The van der Waals surface area contributed by atoms with Crippen LogP contribution in [-0.2, 0) is 11.2 Å². The molecule has 5 nitrogen and oxygen atoms in total. The second-order valence-electron chi connectivity index (χ2n) is 7.56. The van der Waals surface area contributed by atoms with Crippen molar-refractivity contribution in [3.63, 3.8) is 0 Å². The van der Waals surface area contributed by atoms with Crippen LogP contribution in [0.15, 0.2) is 58.5 Å². The molecule has 0 radical (unpaired) electrons. The first-order valence-electron chi connectivity index (χ1n) is 10.2. The third-order valence-corrected chi connectivity index (χ3v) is 6.81. The average molecular weight is 440 g/mol. The summed E-state index contributed by atoms with van der Waals surface area (Å²) in [7, 11) is 0. The van der Waals surface area contributed by atoms with Crippen LogP contribution >= 0.6 is 23.4 Å². The van der Waals surface area contributed by atoms with Crippen LogP contribution < -0.4 is 5.32 Å². The number of fused-ring (bicyclic) bond motifs is 1. The summed E-state index contributed by atoms with van der Waals surface area (Å²) >= 11 is 7.72. The third-order valence-electron chi connectivity index (χ3n) is 5.53. The van der Waals surface area contributed by atoms with Crippen LogP contribution in [0.3, 0.4) is 0 Å². The minimum absolute atomic E-state index is 0.00249. The van der Waals surface area contributed by atoms with Gasteiger partial charge in [-0.2, -0.15) is 5.10 Å². The quantitative estimate of drug-likeness (QED) is 0.596. The van der Waals surface area contributed by atoms with Gasteiger partial charge >= 0.3 is 0 Å². The zero-order valence-electron chi connectivity index (χ0n) is 16.4. The largest absolute Gasteiger partial charge is 0.356 e. The van der Waals surface area contributed by atoms with E-state index >= 15 is 0 Å². The first-order chi connectivity index (χ1) is 14.7. The molecule has 0 spiro atoms. The second-order valence-corrected chi connectivity index (χ2v) is 9.11. The molecule has 0 saturated carbocycles. The summed E-state index contributed by atoms with van der Waals surface area (Å²) in [5.41, 5.74) is 3.94. The summed E-state index contributed by atoms with van der Waals surface area (Å²) < 4.78 is 8.06. The molecule has 1 aromatic heterocycles. The summed E-state index contributed by atoms with van der Waals surface area (Å²) in [4.78, 5) is 14.3. The van der Waals surface area contributed by atoms with Gasteiger partial charge in [0.05, 0.1) is 16.8 Å². The van der Waals surface area contributed by atoms with Gasteiger partial charge in [0, 0.05) is 34.2 Å². The number of hydrogen-bond acceptors (Lipinski definition) is 4. The molecule has 2 aliphatic rings. The molecule has 0 bridgehead atoms. The molecule has 1 fully saturated rings. The lowest BCUT2D eigenvalue weighted by atomic mass is 9.96. The Kier molecular flexibility index (Phi) is 5.54. The molecule has 3 aromatic rings. The highest BCUT2D eigenvalue weighted by molar-refractivity contribution is 7.99. The third kappa shape index (κ3) is 3.87. The van der Waals surface area contributed by atoms with Crippen molar-refractivity contribution >= 4 is 29.3 Å². The van der Waals surface area contributed by atoms with E-state index in [0.29, 0.717) is 6.54 Å². The van der Waals surface area contributed by atoms with Gasteiger partial charge in [0.25, 0.3) is 5.91 Å². The van der Waals surface area contributed by atoms with E-state index in [1.807, 2.05) is 47.3 Å². The predicted octanol–water partition coefficient (Wildman–Crippen LogP) is 5.34. The van der Waals surface area contributed by atoms with Gasteiger partial charge in [-0.3, -0.25) is 4.79 Å². The highest BCUT2D eigenvalue weighted by atomic mass is 35.5. The highest BCUT2D eigenvalue weighted by Gasteiger charge is 2.25. The van der Waals surface area contributed by atoms with Gasteiger partial charge in [0.2, 0.25) is 0 Å². The smallest absolute Gasteiger partial charge is 0.251 e. The molecule has 1 amide bonds. The Morgan fingerprint density at radius 2 is 2.03 bits per heavy atom. The topological polar surface area (TPSA) is 56.2 Å². The Labute approximate surface area is 184 Å². The lowest BCUT2D eigenvalue weighted by Crippen LogP contribution is -2.31. The molecule has 1 saturated heterocycles. The molecule has 2 aliphatic heterocycles. The van der Waals surface area contributed by atoms with Crippen molar-refractivity contribution in [3.05, 3.63) is 64.8 Å². The highest BCUT2D eigenvalue weighted by Crippen LogP contribution is 2.39. The molecule has 5 rings (SSSR count). The maximum atomic E-state index is 12.2. The number of halogens is 1.